The van der Waals surface area contributed by atoms with Crippen LogP contribution in [0.1, 0.15) is 158 Å². The number of aromatic nitrogens is 2. The Morgan fingerprint density at radius 1 is 0.244 bits per heavy atom. The molecule has 0 atom stereocenters. The number of thiophene rings is 2. The molecule has 0 saturated heterocycles. The average Bonchev–Trinajstić information content (AvgIpc) is 1.63. The smallest absolute Gasteiger partial charge is 0.0541 e. The van der Waals surface area contributed by atoms with E-state index in [1.165, 1.54) is 140 Å². The standard InChI is InChI=1S/C82H84N2S2/c1-77(2,3)53-27-35-69-63(41-53)64-42-54(78(4,5)6)28-36-70(64)83(69)59-31-21-49(22-32-59)61-47-68(76-40-52-20-26-58(82(16,17)18)46-74(52)86-76)62(48-67(61)75-39-51-19-25-57(81(13,14)15)45-73(51)85-75)50-23-33-60(34-24-50)84-71-37-29-55(79(7,8)9)43-65(71)66-44-56(80(10,11)12)30-38-72(66)84/h19-48H,1-18H3. The summed E-state index contributed by atoms with van der Waals surface area (Å²) in [5, 5.41) is 7.76. The minimum atomic E-state index is 0.0252. The first-order valence-electron chi connectivity index (χ1n) is 31.0. The predicted octanol–water partition coefficient (Wildman–Crippen LogP) is 24.8. The van der Waals surface area contributed by atoms with Crippen LogP contribution in [-0.4, -0.2) is 9.13 Å². The summed E-state index contributed by atoms with van der Waals surface area (Å²) in [6, 6.07) is 71.6. The Bertz CT molecular complexity index is 4370. The summed E-state index contributed by atoms with van der Waals surface area (Å²) < 4.78 is 7.60. The first-order chi connectivity index (χ1) is 40.4. The van der Waals surface area contributed by atoms with E-state index in [1.54, 1.807) is 0 Å². The van der Waals surface area contributed by atoms with Crippen molar-refractivity contribution in [2.24, 2.45) is 0 Å². The zero-order chi connectivity index (χ0) is 60.9. The van der Waals surface area contributed by atoms with Crippen molar-refractivity contribution >= 4 is 86.5 Å². The number of hydrogen-bond donors (Lipinski definition) is 0. The van der Waals surface area contributed by atoms with Gasteiger partial charge in [0, 0.05) is 63.2 Å². The lowest BCUT2D eigenvalue weighted by atomic mass is 9.85. The Balaban J connectivity index is 1.03. The molecular formula is C82H84N2S2. The van der Waals surface area contributed by atoms with Crippen LogP contribution in [0.3, 0.4) is 0 Å². The van der Waals surface area contributed by atoms with E-state index in [0.717, 1.165) is 11.4 Å². The number of rotatable bonds is 6. The second-order valence-corrected chi connectivity index (χ2v) is 33.0. The van der Waals surface area contributed by atoms with E-state index in [1.807, 2.05) is 22.7 Å². The molecule has 13 aromatic rings. The highest BCUT2D eigenvalue weighted by Gasteiger charge is 2.26. The largest absolute Gasteiger partial charge is 0.309 e. The summed E-state index contributed by atoms with van der Waals surface area (Å²) >= 11 is 3.83. The molecule has 86 heavy (non-hydrogen) atoms. The maximum atomic E-state index is 2.53. The Labute approximate surface area is 519 Å². The van der Waals surface area contributed by atoms with Gasteiger partial charge < -0.3 is 9.13 Å². The fraction of sp³-hybridized carbons (Fsp3) is 0.293. The van der Waals surface area contributed by atoms with Crippen molar-refractivity contribution in [1.29, 1.82) is 0 Å². The lowest BCUT2D eigenvalue weighted by Crippen LogP contribution is -2.10. The topological polar surface area (TPSA) is 9.86 Å². The maximum absolute atomic E-state index is 2.53. The lowest BCUT2D eigenvalue weighted by Gasteiger charge is -2.19. The summed E-state index contributed by atoms with van der Waals surface area (Å²) in [6.45, 7) is 41.7. The molecule has 0 fully saturated rings. The van der Waals surface area contributed by atoms with Crippen LogP contribution in [0.2, 0.25) is 0 Å². The van der Waals surface area contributed by atoms with Gasteiger partial charge in [-0.05, 0) is 208 Å². The SMILES string of the molecule is CC(C)(C)c1ccc2cc(-c3cc(-c4ccc(-n5c6ccc(C(C)(C)C)cc6c6cc(C(C)(C)C)ccc65)cc4)c(-c4cc5ccc(C(C)(C)C)cc5s4)cc3-c3ccc(-n4c5ccc(C(C)(C)C)cc5c5cc(C(C)(C)C)ccc54)cc3)sc2c1. The Morgan fingerprint density at radius 2 is 0.500 bits per heavy atom. The van der Waals surface area contributed by atoms with Gasteiger partial charge >= 0.3 is 0 Å². The second-order valence-electron chi connectivity index (χ2n) is 30.9. The summed E-state index contributed by atoms with van der Waals surface area (Å²) in [4.78, 5) is 2.53. The van der Waals surface area contributed by atoms with Crippen molar-refractivity contribution in [3.63, 3.8) is 0 Å². The molecule has 0 spiro atoms. The number of hydrogen-bond acceptors (Lipinski definition) is 2. The van der Waals surface area contributed by atoms with Gasteiger partial charge in [-0.15, -0.1) is 22.7 Å². The van der Waals surface area contributed by atoms with E-state index < -0.39 is 0 Å². The molecule has 0 aliphatic carbocycles. The van der Waals surface area contributed by atoms with Crippen molar-refractivity contribution in [1.82, 2.24) is 9.13 Å². The molecule has 0 N–H and O–H groups in total. The Morgan fingerprint density at radius 3 is 0.767 bits per heavy atom. The third kappa shape index (κ3) is 10.2. The highest BCUT2D eigenvalue weighted by atomic mass is 32.1. The number of fused-ring (bicyclic) bond motifs is 8. The van der Waals surface area contributed by atoms with Crippen molar-refractivity contribution in [3.05, 3.63) is 215 Å². The number of benzene rings is 9. The molecule has 0 radical (unpaired) electrons. The van der Waals surface area contributed by atoms with Crippen molar-refractivity contribution in [3.8, 4) is 54.5 Å². The fourth-order valence-corrected chi connectivity index (χ4v) is 15.1. The minimum absolute atomic E-state index is 0.0252. The normalized spacial score (nSPS) is 13.2. The first-order valence-corrected chi connectivity index (χ1v) is 32.7. The zero-order valence-corrected chi connectivity index (χ0v) is 55.7. The zero-order valence-electron chi connectivity index (χ0n) is 54.0. The lowest BCUT2D eigenvalue weighted by molar-refractivity contribution is 0.590. The Hall–Kier alpha value is -7.50. The molecule has 0 aliphatic rings. The second kappa shape index (κ2) is 20.0. The molecule has 0 saturated carbocycles. The van der Waals surface area contributed by atoms with Gasteiger partial charge in [-0.3, -0.25) is 0 Å². The predicted molar refractivity (Wildman–Crippen MR) is 380 cm³/mol. The van der Waals surface area contributed by atoms with Crippen LogP contribution in [0.4, 0.5) is 0 Å². The molecule has 4 aromatic heterocycles. The molecule has 9 aromatic carbocycles. The van der Waals surface area contributed by atoms with Gasteiger partial charge in [0.15, 0.2) is 0 Å². The van der Waals surface area contributed by atoms with Crippen LogP contribution in [-0.2, 0) is 32.5 Å². The van der Waals surface area contributed by atoms with Crippen LogP contribution < -0.4 is 0 Å². The molecule has 0 amide bonds. The van der Waals surface area contributed by atoms with E-state index in [9.17, 15) is 0 Å². The van der Waals surface area contributed by atoms with Gasteiger partial charge in [0.05, 0.1) is 22.1 Å². The van der Waals surface area contributed by atoms with E-state index in [4.69, 9.17) is 0 Å². The van der Waals surface area contributed by atoms with Crippen LogP contribution >= 0.6 is 22.7 Å². The molecular weight excluding hydrogens is 1080 g/mol. The van der Waals surface area contributed by atoms with Crippen molar-refractivity contribution in [2.75, 3.05) is 0 Å². The molecule has 434 valence electrons. The van der Waals surface area contributed by atoms with Crippen LogP contribution in [0.15, 0.2) is 182 Å². The average molecular weight is 1160 g/mol. The van der Waals surface area contributed by atoms with E-state index in [2.05, 4.69) is 316 Å². The van der Waals surface area contributed by atoms with Crippen molar-refractivity contribution in [2.45, 2.75) is 157 Å². The van der Waals surface area contributed by atoms with Gasteiger partial charge in [0.1, 0.15) is 0 Å². The maximum Gasteiger partial charge on any atom is 0.0541 e. The third-order valence-corrected chi connectivity index (χ3v) is 20.6. The first kappa shape index (κ1) is 57.6. The summed E-state index contributed by atoms with van der Waals surface area (Å²) in [6.07, 6.45) is 0. The van der Waals surface area contributed by atoms with Crippen LogP contribution in [0.25, 0.3) is 118 Å². The van der Waals surface area contributed by atoms with Gasteiger partial charge in [0.25, 0.3) is 0 Å². The Kier molecular flexibility index (Phi) is 13.4. The van der Waals surface area contributed by atoms with E-state index >= 15 is 0 Å². The molecule has 13 rings (SSSR count). The summed E-state index contributed by atoms with van der Waals surface area (Å²) in [5.74, 6) is 0. The molecule has 0 aliphatic heterocycles. The molecule has 4 heteroatoms. The third-order valence-electron chi connectivity index (χ3n) is 18.3. The van der Waals surface area contributed by atoms with Gasteiger partial charge in [-0.2, -0.15) is 0 Å². The fourth-order valence-electron chi connectivity index (χ4n) is 12.8. The van der Waals surface area contributed by atoms with Gasteiger partial charge in [0.2, 0.25) is 0 Å². The highest BCUT2D eigenvalue weighted by molar-refractivity contribution is 7.22. The monoisotopic (exact) mass is 1160 g/mol. The van der Waals surface area contributed by atoms with Gasteiger partial charge in [-0.1, -0.05) is 197 Å². The molecule has 4 heterocycles. The van der Waals surface area contributed by atoms with E-state index in [0.29, 0.717) is 0 Å². The minimum Gasteiger partial charge on any atom is -0.309 e. The van der Waals surface area contributed by atoms with Crippen LogP contribution in [0, 0.1) is 0 Å². The summed E-state index contributed by atoms with van der Waals surface area (Å²) in [7, 11) is 0. The molecule has 0 unspecified atom stereocenters. The molecule has 0 bridgehead atoms. The number of nitrogens with zero attached hydrogens (tertiary/aromatic N) is 2. The van der Waals surface area contributed by atoms with Crippen molar-refractivity contribution < 1.29 is 0 Å². The van der Waals surface area contributed by atoms with E-state index in [-0.39, 0.29) is 32.5 Å². The summed E-state index contributed by atoms with van der Waals surface area (Å²) in [5.41, 5.74) is 22.8. The highest BCUT2D eigenvalue weighted by Crippen LogP contribution is 2.49. The van der Waals surface area contributed by atoms with Gasteiger partial charge in [-0.25, -0.2) is 0 Å². The molecule has 2 nitrogen and oxygen atoms in total. The quantitative estimate of drug-likeness (QED) is 0.157. The van der Waals surface area contributed by atoms with Crippen LogP contribution in [0.5, 0.6) is 0 Å².